The number of halogens is 1. The molecule has 0 bridgehead atoms. The Kier molecular flexibility index (Phi) is 8.71. The van der Waals surface area contributed by atoms with Crippen molar-refractivity contribution in [3.05, 3.63) is 87.4 Å². The molecule has 1 heterocycles. The van der Waals surface area contributed by atoms with Crippen molar-refractivity contribution < 1.29 is 28.6 Å². The number of carbonyl (C=O) groups excluding carboxylic acids is 3. The maximum Gasteiger partial charge on any atom is 0.335 e. The molecule has 1 aliphatic rings. The van der Waals surface area contributed by atoms with Crippen molar-refractivity contribution in [1.82, 2.24) is 5.32 Å². The molecule has 4 rings (SSSR count). The largest absolute Gasteiger partial charge is 0.490 e. The number of imide groups is 2. The lowest BCUT2D eigenvalue weighted by molar-refractivity contribution is -0.122. The number of benzene rings is 3. The molecule has 0 atom stereocenters. The van der Waals surface area contributed by atoms with Gasteiger partial charge in [-0.25, -0.2) is 9.69 Å². The summed E-state index contributed by atoms with van der Waals surface area (Å²) < 4.78 is 18.0. The van der Waals surface area contributed by atoms with Gasteiger partial charge >= 0.3 is 6.03 Å². The Morgan fingerprint density at radius 2 is 1.67 bits per heavy atom. The van der Waals surface area contributed by atoms with Gasteiger partial charge in [0, 0.05) is 0 Å². The normalized spacial score (nSPS) is 14.6. The van der Waals surface area contributed by atoms with E-state index in [-0.39, 0.29) is 11.7 Å². The van der Waals surface area contributed by atoms with Crippen molar-refractivity contribution in [1.29, 1.82) is 0 Å². The van der Waals surface area contributed by atoms with Crippen molar-refractivity contribution in [2.45, 2.75) is 40.4 Å². The predicted molar refractivity (Wildman–Crippen MR) is 152 cm³/mol. The summed E-state index contributed by atoms with van der Waals surface area (Å²) in [6.07, 6.45) is 1.33. The van der Waals surface area contributed by atoms with E-state index in [0.29, 0.717) is 46.2 Å². The van der Waals surface area contributed by atoms with Crippen LogP contribution in [-0.4, -0.2) is 30.6 Å². The number of rotatable bonds is 9. The van der Waals surface area contributed by atoms with Gasteiger partial charge in [-0.3, -0.25) is 14.9 Å². The van der Waals surface area contributed by atoms with Crippen LogP contribution in [0.2, 0.25) is 0 Å². The Labute approximate surface area is 235 Å². The van der Waals surface area contributed by atoms with E-state index < -0.39 is 17.8 Å². The number of barbiturate groups is 1. The van der Waals surface area contributed by atoms with E-state index in [1.165, 1.54) is 11.6 Å². The van der Waals surface area contributed by atoms with Crippen molar-refractivity contribution in [2.75, 3.05) is 11.5 Å². The van der Waals surface area contributed by atoms with Crippen LogP contribution in [0.25, 0.3) is 6.08 Å². The first-order valence-electron chi connectivity index (χ1n) is 12.5. The molecular weight excluding hydrogens is 564 g/mol. The average molecular weight is 593 g/mol. The highest BCUT2D eigenvalue weighted by Gasteiger charge is 2.37. The van der Waals surface area contributed by atoms with Crippen LogP contribution in [0.5, 0.6) is 17.2 Å². The Morgan fingerprint density at radius 3 is 2.31 bits per heavy atom. The van der Waals surface area contributed by atoms with E-state index in [0.717, 1.165) is 10.5 Å². The number of carbonyl (C=O) groups is 3. The molecule has 0 aromatic heterocycles. The van der Waals surface area contributed by atoms with Gasteiger partial charge in [0.1, 0.15) is 17.9 Å². The van der Waals surface area contributed by atoms with Gasteiger partial charge in [0.15, 0.2) is 11.5 Å². The van der Waals surface area contributed by atoms with Crippen LogP contribution in [-0.2, 0) is 16.2 Å². The minimum absolute atomic E-state index is 0.0885. The number of anilines is 1. The monoisotopic (exact) mass is 592 g/mol. The third-order valence-electron chi connectivity index (χ3n) is 5.72. The van der Waals surface area contributed by atoms with E-state index in [1.54, 1.807) is 36.4 Å². The summed E-state index contributed by atoms with van der Waals surface area (Å²) >= 11 is 3.49. The van der Waals surface area contributed by atoms with Crippen LogP contribution in [0.15, 0.2) is 70.7 Å². The number of hydrogen-bond donors (Lipinski definition) is 1. The number of aryl methyl sites for hydroxylation is 1. The molecule has 1 N–H and O–H groups in total. The summed E-state index contributed by atoms with van der Waals surface area (Å²) in [5.41, 5.74) is 2.82. The number of nitrogens with one attached hydrogen (secondary N) is 1. The summed E-state index contributed by atoms with van der Waals surface area (Å²) in [5, 5.41) is 2.25. The molecule has 1 saturated heterocycles. The molecule has 1 fully saturated rings. The van der Waals surface area contributed by atoms with Crippen molar-refractivity contribution in [2.24, 2.45) is 0 Å². The van der Waals surface area contributed by atoms with Gasteiger partial charge in [-0.1, -0.05) is 29.8 Å². The standard InChI is InChI=1S/C30H29BrN2O6/c1-5-37-26-16-21(15-25(31)27(26)39-18(2)3)14-24-28(34)32-30(36)33(29(24)35)22-10-12-23(13-11-22)38-17-20-8-6-19(4)7-9-20/h6-16,18H,5,17H2,1-4H3,(H,32,34,36)/b24-14+. The minimum atomic E-state index is -0.827. The summed E-state index contributed by atoms with van der Waals surface area (Å²) in [4.78, 5) is 39.6. The molecule has 202 valence electrons. The first-order chi connectivity index (χ1) is 18.7. The minimum Gasteiger partial charge on any atom is -0.490 e. The lowest BCUT2D eigenvalue weighted by Gasteiger charge is -2.26. The van der Waals surface area contributed by atoms with E-state index in [1.807, 2.05) is 52.0 Å². The molecule has 0 unspecified atom stereocenters. The fourth-order valence-electron chi connectivity index (χ4n) is 3.89. The molecule has 0 saturated carbocycles. The van der Waals surface area contributed by atoms with Gasteiger partial charge in [-0.2, -0.15) is 0 Å². The summed E-state index contributed by atoms with van der Waals surface area (Å²) in [6, 6.07) is 17.1. The molecule has 9 heteroatoms. The number of ether oxygens (including phenoxy) is 3. The van der Waals surface area contributed by atoms with Crippen LogP contribution in [0.1, 0.15) is 37.5 Å². The molecule has 8 nitrogen and oxygen atoms in total. The van der Waals surface area contributed by atoms with Crippen LogP contribution in [0, 0.1) is 6.92 Å². The topological polar surface area (TPSA) is 94.2 Å². The summed E-state index contributed by atoms with van der Waals surface area (Å²) in [7, 11) is 0. The molecule has 1 aliphatic heterocycles. The number of nitrogens with zero attached hydrogens (tertiary/aromatic N) is 1. The van der Waals surface area contributed by atoms with E-state index in [4.69, 9.17) is 14.2 Å². The van der Waals surface area contributed by atoms with Crippen molar-refractivity contribution >= 4 is 45.5 Å². The molecule has 0 spiro atoms. The fourth-order valence-corrected chi connectivity index (χ4v) is 4.44. The van der Waals surface area contributed by atoms with Gasteiger partial charge in [-0.15, -0.1) is 0 Å². The van der Waals surface area contributed by atoms with Gasteiger partial charge in [0.2, 0.25) is 0 Å². The van der Waals surface area contributed by atoms with Crippen molar-refractivity contribution in [3.63, 3.8) is 0 Å². The third-order valence-corrected chi connectivity index (χ3v) is 6.31. The lowest BCUT2D eigenvalue weighted by atomic mass is 10.1. The van der Waals surface area contributed by atoms with Gasteiger partial charge in [-0.05, 0) is 97.2 Å². The van der Waals surface area contributed by atoms with Gasteiger partial charge in [0.25, 0.3) is 11.8 Å². The highest BCUT2D eigenvalue weighted by molar-refractivity contribution is 9.10. The SMILES string of the molecule is CCOc1cc(/C=C2\C(=O)NC(=O)N(c3ccc(OCc4ccc(C)cc4)cc3)C2=O)cc(Br)c1OC(C)C. The zero-order valence-corrected chi connectivity index (χ0v) is 23.7. The predicted octanol–water partition coefficient (Wildman–Crippen LogP) is 6.19. The van der Waals surface area contributed by atoms with Crippen LogP contribution >= 0.6 is 15.9 Å². The lowest BCUT2D eigenvalue weighted by Crippen LogP contribution is -2.54. The summed E-state index contributed by atoms with van der Waals surface area (Å²) in [6.45, 7) is 8.44. The van der Waals surface area contributed by atoms with Crippen LogP contribution in [0.3, 0.4) is 0 Å². The second-order valence-corrected chi connectivity index (χ2v) is 10.0. The van der Waals surface area contributed by atoms with Crippen molar-refractivity contribution in [3.8, 4) is 17.2 Å². The Balaban J connectivity index is 1.57. The van der Waals surface area contributed by atoms with Gasteiger partial charge < -0.3 is 14.2 Å². The van der Waals surface area contributed by atoms with E-state index in [9.17, 15) is 14.4 Å². The molecule has 3 aromatic rings. The highest BCUT2D eigenvalue weighted by atomic mass is 79.9. The molecule has 39 heavy (non-hydrogen) atoms. The smallest absolute Gasteiger partial charge is 0.335 e. The molecule has 0 aliphatic carbocycles. The van der Waals surface area contributed by atoms with Crippen LogP contribution < -0.4 is 24.4 Å². The second kappa shape index (κ2) is 12.2. The van der Waals surface area contributed by atoms with E-state index >= 15 is 0 Å². The Hall–Kier alpha value is -4.11. The molecule has 3 aromatic carbocycles. The summed E-state index contributed by atoms with van der Waals surface area (Å²) in [5.74, 6) is 0.0396. The maximum absolute atomic E-state index is 13.4. The highest BCUT2D eigenvalue weighted by Crippen LogP contribution is 2.38. The quantitative estimate of drug-likeness (QED) is 0.235. The average Bonchev–Trinajstić information content (AvgIpc) is 2.89. The van der Waals surface area contributed by atoms with E-state index in [2.05, 4.69) is 21.2 Å². The van der Waals surface area contributed by atoms with Crippen LogP contribution in [0.4, 0.5) is 10.5 Å². The first-order valence-corrected chi connectivity index (χ1v) is 13.3. The number of amides is 4. The zero-order chi connectivity index (χ0) is 28.1. The maximum atomic E-state index is 13.4. The first kappa shape index (κ1) is 27.9. The molecule has 4 amide bonds. The fraction of sp³-hybridized carbons (Fsp3) is 0.233. The third kappa shape index (κ3) is 6.67. The number of hydrogen-bond acceptors (Lipinski definition) is 6. The molecule has 0 radical (unpaired) electrons. The molecular formula is C30H29BrN2O6. The Morgan fingerprint density at radius 1 is 0.974 bits per heavy atom. The second-order valence-electron chi connectivity index (χ2n) is 9.16. The zero-order valence-electron chi connectivity index (χ0n) is 22.1. The van der Waals surface area contributed by atoms with Gasteiger partial charge in [0.05, 0.1) is 22.9 Å². The number of urea groups is 1. The Bertz CT molecular complexity index is 1410.